The molecule has 5 heteroatoms. The van der Waals surface area contributed by atoms with Gasteiger partial charge in [0.1, 0.15) is 6.61 Å². The lowest BCUT2D eigenvalue weighted by atomic mass is 9.91. The van der Waals surface area contributed by atoms with Crippen LogP contribution in [0.25, 0.3) is 0 Å². The summed E-state index contributed by atoms with van der Waals surface area (Å²) in [6.07, 6.45) is 4.35. The topological polar surface area (TPSA) is 58.6 Å². The van der Waals surface area contributed by atoms with E-state index in [0.717, 1.165) is 18.4 Å². The minimum atomic E-state index is -0.360. The van der Waals surface area contributed by atoms with E-state index in [2.05, 4.69) is 17.4 Å². The molecule has 2 amide bonds. The summed E-state index contributed by atoms with van der Waals surface area (Å²) in [7, 11) is 0. The van der Waals surface area contributed by atoms with Crippen LogP contribution in [0, 0.1) is 5.92 Å². The molecule has 1 saturated heterocycles. The summed E-state index contributed by atoms with van der Waals surface area (Å²) in [5.41, 5.74) is 2.41. The predicted molar refractivity (Wildman–Crippen MR) is 104 cm³/mol. The Kier molecular flexibility index (Phi) is 5.10. The Morgan fingerprint density at radius 1 is 1.07 bits per heavy atom. The summed E-state index contributed by atoms with van der Waals surface area (Å²) in [6, 6.07) is 17.4. The number of anilines is 1. The number of benzene rings is 2. The van der Waals surface area contributed by atoms with Gasteiger partial charge in [-0.3, -0.25) is 9.69 Å². The molecule has 2 aromatic rings. The number of carbonyl (C=O) groups is 2. The number of nitrogens with zero attached hydrogens (tertiary/aromatic N) is 1. The lowest BCUT2D eigenvalue weighted by Gasteiger charge is -2.25. The Morgan fingerprint density at radius 3 is 2.56 bits per heavy atom. The van der Waals surface area contributed by atoms with Crippen LogP contribution in [-0.4, -0.2) is 25.2 Å². The molecule has 27 heavy (non-hydrogen) atoms. The second-order valence-electron chi connectivity index (χ2n) is 7.22. The first-order valence-corrected chi connectivity index (χ1v) is 9.62. The second kappa shape index (κ2) is 7.82. The van der Waals surface area contributed by atoms with E-state index in [0.29, 0.717) is 30.3 Å². The minimum absolute atomic E-state index is 0.0154. The van der Waals surface area contributed by atoms with E-state index in [1.54, 1.807) is 17.0 Å². The molecule has 1 aliphatic heterocycles. The molecule has 2 aliphatic rings. The van der Waals surface area contributed by atoms with Crippen LogP contribution in [0.2, 0.25) is 0 Å². The predicted octanol–water partition coefficient (Wildman–Crippen LogP) is 4.30. The first-order chi connectivity index (χ1) is 13.2. The van der Waals surface area contributed by atoms with Crippen molar-refractivity contribution in [1.29, 1.82) is 0 Å². The number of carbonyl (C=O) groups excluding carboxylic acids is 2. The normalized spacial score (nSPS) is 18.4. The van der Waals surface area contributed by atoms with Crippen LogP contribution in [0.3, 0.4) is 0 Å². The van der Waals surface area contributed by atoms with E-state index < -0.39 is 0 Å². The lowest BCUT2D eigenvalue weighted by Crippen LogP contribution is -2.33. The number of nitrogens with one attached hydrogen (secondary N) is 1. The summed E-state index contributed by atoms with van der Waals surface area (Å²) >= 11 is 0. The van der Waals surface area contributed by atoms with Gasteiger partial charge in [0.15, 0.2) is 0 Å². The standard InChI is InChI=1S/C22H24N2O3/c25-21(18-11-6-12-19(15-18)24-13-14-27-22(24)26)23-20(17-9-4-5-10-17)16-7-2-1-3-8-16/h1-3,6-8,11-12,15,17,20H,4-5,9-10,13-14H2,(H,23,25). The monoisotopic (exact) mass is 364 g/mol. The molecule has 2 fully saturated rings. The molecule has 140 valence electrons. The quantitative estimate of drug-likeness (QED) is 0.860. The maximum atomic E-state index is 13.0. The van der Waals surface area contributed by atoms with E-state index in [9.17, 15) is 9.59 Å². The zero-order chi connectivity index (χ0) is 18.6. The van der Waals surface area contributed by atoms with Gasteiger partial charge in [-0.25, -0.2) is 4.79 Å². The molecule has 1 aliphatic carbocycles. The smallest absolute Gasteiger partial charge is 0.414 e. The molecule has 5 nitrogen and oxygen atoms in total. The highest BCUT2D eigenvalue weighted by atomic mass is 16.6. The summed E-state index contributed by atoms with van der Waals surface area (Å²) in [5, 5.41) is 3.25. The van der Waals surface area contributed by atoms with Crippen molar-refractivity contribution in [3.05, 3.63) is 65.7 Å². The summed E-state index contributed by atoms with van der Waals surface area (Å²) in [4.78, 5) is 26.3. The van der Waals surface area contributed by atoms with Gasteiger partial charge in [0.25, 0.3) is 5.91 Å². The molecule has 0 radical (unpaired) electrons. The highest BCUT2D eigenvalue weighted by Gasteiger charge is 2.28. The molecule has 1 atom stereocenters. The van der Waals surface area contributed by atoms with E-state index in [1.807, 2.05) is 30.3 Å². The van der Waals surface area contributed by atoms with Crippen LogP contribution in [-0.2, 0) is 4.74 Å². The molecular weight excluding hydrogens is 340 g/mol. The fourth-order valence-corrected chi connectivity index (χ4v) is 4.09. The van der Waals surface area contributed by atoms with Crippen LogP contribution in [0.5, 0.6) is 0 Å². The average Bonchev–Trinajstić information content (AvgIpc) is 3.38. The molecule has 2 aromatic carbocycles. The SMILES string of the molecule is O=C(NC(c1ccccc1)C1CCCC1)c1cccc(N2CCOC2=O)c1. The highest BCUT2D eigenvalue weighted by molar-refractivity contribution is 5.97. The molecule has 0 spiro atoms. The average molecular weight is 364 g/mol. The van der Waals surface area contributed by atoms with E-state index in [-0.39, 0.29) is 18.0 Å². The Balaban J connectivity index is 1.55. The molecular formula is C22H24N2O3. The van der Waals surface area contributed by atoms with Crippen LogP contribution in [0.1, 0.15) is 47.6 Å². The van der Waals surface area contributed by atoms with Gasteiger partial charge in [-0.2, -0.15) is 0 Å². The maximum Gasteiger partial charge on any atom is 0.414 e. The number of hydrogen-bond donors (Lipinski definition) is 1. The third-order valence-electron chi connectivity index (χ3n) is 5.50. The van der Waals surface area contributed by atoms with Gasteiger partial charge in [-0.1, -0.05) is 49.2 Å². The van der Waals surface area contributed by atoms with Crippen LogP contribution < -0.4 is 10.2 Å². The van der Waals surface area contributed by atoms with Crippen molar-refractivity contribution in [1.82, 2.24) is 5.32 Å². The van der Waals surface area contributed by atoms with Gasteiger partial charge in [-0.05, 0) is 42.5 Å². The lowest BCUT2D eigenvalue weighted by molar-refractivity contribution is 0.0921. The van der Waals surface area contributed by atoms with Gasteiger partial charge in [0.2, 0.25) is 0 Å². The summed E-state index contributed by atoms with van der Waals surface area (Å²) in [5.74, 6) is 0.359. The Hall–Kier alpha value is -2.82. The van der Waals surface area contributed by atoms with E-state index in [1.165, 1.54) is 12.8 Å². The Morgan fingerprint density at radius 2 is 1.85 bits per heavy atom. The Labute approximate surface area is 159 Å². The zero-order valence-corrected chi connectivity index (χ0v) is 15.3. The molecule has 1 heterocycles. The molecule has 1 N–H and O–H groups in total. The van der Waals surface area contributed by atoms with E-state index in [4.69, 9.17) is 4.74 Å². The minimum Gasteiger partial charge on any atom is -0.447 e. The van der Waals surface area contributed by atoms with Gasteiger partial charge in [-0.15, -0.1) is 0 Å². The first kappa shape index (κ1) is 17.6. The third kappa shape index (κ3) is 3.82. The van der Waals surface area contributed by atoms with Gasteiger partial charge in [0.05, 0.1) is 12.6 Å². The van der Waals surface area contributed by atoms with Crippen LogP contribution in [0.15, 0.2) is 54.6 Å². The van der Waals surface area contributed by atoms with Crippen LogP contribution in [0.4, 0.5) is 10.5 Å². The number of amides is 2. The van der Waals surface area contributed by atoms with E-state index >= 15 is 0 Å². The van der Waals surface area contributed by atoms with Crippen molar-refractivity contribution >= 4 is 17.7 Å². The number of ether oxygens (including phenoxy) is 1. The van der Waals surface area contributed by atoms with Crippen molar-refractivity contribution in [2.75, 3.05) is 18.1 Å². The number of hydrogen-bond acceptors (Lipinski definition) is 3. The van der Waals surface area contributed by atoms with Crippen molar-refractivity contribution < 1.29 is 14.3 Å². The fraction of sp³-hybridized carbons (Fsp3) is 0.364. The second-order valence-corrected chi connectivity index (χ2v) is 7.22. The number of cyclic esters (lactones) is 1. The first-order valence-electron chi connectivity index (χ1n) is 9.62. The van der Waals surface area contributed by atoms with Crippen LogP contribution >= 0.6 is 0 Å². The highest BCUT2D eigenvalue weighted by Crippen LogP contribution is 2.36. The molecule has 0 aromatic heterocycles. The third-order valence-corrected chi connectivity index (χ3v) is 5.50. The van der Waals surface area contributed by atoms with Gasteiger partial charge >= 0.3 is 6.09 Å². The van der Waals surface area contributed by atoms with Crippen molar-refractivity contribution in [2.45, 2.75) is 31.7 Å². The molecule has 1 saturated carbocycles. The van der Waals surface area contributed by atoms with Gasteiger partial charge < -0.3 is 10.1 Å². The maximum absolute atomic E-state index is 13.0. The van der Waals surface area contributed by atoms with Crippen molar-refractivity contribution in [3.8, 4) is 0 Å². The zero-order valence-electron chi connectivity index (χ0n) is 15.3. The molecule has 1 unspecified atom stereocenters. The molecule has 4 rings (SSSR count). The van der Waals surface area contributed by atoms with Crippen molar-refractivity contribution in [3.63, 3.8) is 0 Å². The number of rotatable bonds is 5. The largest absolute Gasteiger partial charge is 0.447 e. The Bertz CT molecular complexity index is 815. The summed E-state index contributed by atoms with van der Waals surface area (Å²) in [6.45, 7) is 0.894. The molecule has 0 bridgehead atoms. The van der Waals surface area contributed by atoms with Crippen molar-refractivity contribution in [2.24, 2.45) is 5.92 Å². The fourth-order valence-electron chi connectivity index (χ4n) is 4.09. The van der Waals surface area contributed by atoms with Gasteiger partial charge in [0, 0.05) is 11.3 Å². The summed E-state index contributed by atoms with van der Waals surface area (Å²) < 4.78 is 5.00.